The summed E-state index contributed by atoms with van der Waals surface area (Å²) in [6, 6.07) is 106. The first kappa shape index (κ1) is 45.9. The normalized spacial score (nSPS) is 12.7. The summed E-state index contributed by atoms with van der Waals surface area (Å²) in [4.78, 5) is 2.49. The lowest BCUT2D eigenvalue weighted by atomic mass is 9.81. The van der Waals surface area contributed by atoms with Crippen molar-refractivity contribution in [3.63, 3.8) is 0 Å². The Balaban J connectivity index is 0.828. The first-order chi connectivity index (χ1) is 39.4. The smallest absolute Gasteiger partial charge is 0.0547 e. The second-order valence-corrected chi connectivity index (χ2v) is 22.0. The fraction of sp³-hybridized carbons (Fsp3) is 0.0390. The molecule has 0 amide bonds. The Morgan fingerprint density at radius 1 is 0.275 bits per heavy atom. The van der Waals surface area contributed by atoms with Crippen LogP contribution in [-0.2, 0) is 5.41 Å². The molecule has 0 atom stereocenters. The Kier molecular flexibility index (Phi) is 10.3. The Morgan fingerprint density at radius 3 is 1.50 bits per heavy atom. The quantitative estimate of drug-likeness (QED) is 0.148. The van der Waals surface area contributed by atoms with Crippen LogP contribution in [0.5, 0.6) is 0 Å². The van der Waals surface area contributed by atoms with Gasteiger partial charge in [-0.3, -0.25) is 0 Å². The number of hydrogen-bond donors (Lipinski definition) is 0. The fourth-order valence-electron chi connectivity index (χ4n) is 13.5. The summed E-state index contributed by atoms with van der Waals surface area (Å²) < 4.78 is 4.80. The summed E-state index contributed by atoms with van der Waals surface area (Å²) in [5.74, 6) is 0. The Labute approximate surface area is 465 Å². The number of para-hydroxylation sites is 4. The molecular formula is C77H53N3. The number of hydrogen-bond acceptors (Lipinski definition) is 1. The van der Waals surface area contributed by atoms with Crippen LogP contribution in [0, 0.1) is 0 Å². The lowest BCUT2D eigenvalue weighted by Crippen LogP contribution is -2.17. The number of rotatable bonds is 8. The Hall–Kier alpha value is -10.2. The van der Waals surface area contributed by atoms with Gasteiger partial charge in [0.05, 0.1) is 27.8 Å². The SMILES string of the molecule is CC1(C)c2cc(-c3ccc4c5ccccc5n(-c5ccccc5)c4c3)ccc2-c2ccc(N(c3ccc(-c4cccc5ccccc45)cc3)c3ccc(-c4ccc5c(c4)c4ccccc4n5-c4ccccc4)c4ccccc34)cc21. The van der Waals surface area contributed by atoms with Crippen LogP contribution in [0.15, 0.2) is 285 Å². The molecule has 0 spiro atoms. The minimum atomic E-state index is -0.280. The Bertz CT molecular complexity index is 4960. The van der Waals surface area contributed by atoms with E-state index in [9.17, 15) is 0 Å². The van der Waals surface area contributed by atoms with Crippen LogP contribution in [0.4, 0.5) is 17.1 Å². The van der Waals surface area contributed by atoms with Gasteiger partial charge in [-0.15, -0.1) is 0 Å². The second kappa shape index (κ2) is 17.9. The predicted octanol–water partition coefficient (Wildman–Crippen LogP) is 21.0. The molecule has 80 heavy (non-hydrogen) atoms. The van der Waals surface area contributed by atoms with Gasteiger partial charge in [-0.25, -0.2) is 0 Å². The van der Waals surface area contributed by atoms with E-state index in [1.165, 1.54) is 121 Å². The van der Waals surface area contributed by atoms with E-state index >= 15 is 0 Å². The van der Waals surface area contributed by atoms with Crippen molar-refractivity contribution in [2.24, 2.45) is 0 Å². The van der Waals surface area contributed by atoms with Crippen molar-refractivity contribution in [3.8, 4) is 55.9 Å². The fourth-order valence-corrected chi connectivity index (χ4v) is 13.5. The van der Waals surface area contributed by atoms with E-state index < -0.39 is 0 Å². The van der Waals surface area contributed by atoms with Crippen LogP contribution < -0.4 is 4.90 Å². The van der Waals surface area contributed by atoms with E-state index in [1.54, 1.807) is 0 Å². The molecule has 0 N–H and O–H groups in total. The third kappa shape index (κ3) is 7.07. The molecule has 3 nitrogen and oxygen atoms in total. The number of aromatic nitrogens is 2. The van der Waals surface area contributed by atoms with E-state index in [2.05, 4.69) is 313 Å². The summed E-state index contributed by atoms with van der Waals surface area (Å²) in [6.07, 6.45) is 0. The molecule has 0 unspecified atom stereocenters. The predicted molar refractivity (Wildman–Crippen MR) is 339 cm³/mol. The molecule has 1 aliphatic rings. The molecule has 0 bridgehead atoms. The van der Waals surface area contributed by atoms with Crippen LogP contribution in [0.3, 0.4) is 0 Å². The summed E-state index contributed by atoms with van der Waals surface area (Å²) in [7, 11) is 0. The highest BCUT2D eigenvalue weighted by atomic mass is 15.1. The molecule has 15 aromatic rings. The average molecular weight is 1020 g/mol. The maximum Gasteiger partial charge on any atom is 0.0547 e. The monoisotopic (exact) mass is 1020 g/mol. The molecule has 0 radical (unpaired) electrons. The van der Waals surface area contributed by atoms with Crippen molar-refractivity contribution < 1.29 is 0 Å². The third-order valence-corrected chi connectivity index (χ3v) is 17.3. The lowest BCUT2D eigenvalue weighted by molar-refractivity contribution is 0.660. The van der Waals surface area contributed by atoms with Gasteiger partial charge in [-0.2, -0.15) is 0 Å². The van der Waals surface area contributed by atoms with Crippen molar-refractivity contribution in [2.45, 2.75) is 19.3 Å². The second-order valence-electron chi connectivity index (χ2n) is 22.0. The van der Waals surface area contributed by atoms with Crippen molar-refractivity contribution in [1.29, 1.82) is 0 Å². The van der Waals surface area contributed by atoms with Gasteiger partial charge in [0.1, 0.15) is 0 Å². The summed E-state index contributed by atoms with van der Waals surface area (Å²) in [6.45, 7) is 4.81. The number of nitrogens with zero attached hydrogens (tertiary/aromatic N) is 3. The number of benzene rings is 13. The minimum Gasteiger partial charge on any atom is -0.310 e. The van der Waals surface area contributed by atoms with Gasteiger partial charge in [0.15, 0.2) is 0 Å². The third-order valence-electron chi connectivity index (χ3n) is 17.3. The molecule has 0 saturated heterocycles. The van der Waals surface area contributed by atoms with Gasteiger partial charge < -0.3 is 14.0 Å². The largest absolute Gasteiger partial charge is 0.310 e. The zero-order valence-electron chi connectivity index (χ0n) is 44.5. The molecule has 0 saturated carbocycles. The van der Waals surface area contributed by atoms with Crippen molar-refractivity contribution in [2.75, 3.05) is 4.90 Å². The van der Waals surface area contributed by atoms with Crippen LogP contribution >= 0.6 is 0 Å². The standard InChI is InChI=1S/C77H53N3/c1-77(2)70-47-52(53-35-41-68-66-27-13-15-30-72(66)80(76(68)48-53)56-22-7-4-8-23-56)34-40-63(70)64-42-39-58(49-71(64)77)78(57-37-32-51(33-38-57)60-29-17-19-50-18-9-10-24-59(50)60)74-45-43-61(62-25-11-12-26-65(62)74)54-36-44-75-69(46-54)67-28-14-16-31-73(67)79(75)55-20-5-3-6-21-55/h3-49H,1-2H3. The molecule has 1 aliphatic carbocycles. The van der Waals surface area contributed by atoms with Crippen molar-refractivity contribution in [3.05, 3.63) is 296 Å². The number of fused-ring (bicyclic) bond motifs is 11. The zero-order chi connectivity index (χ0) is 53.1. The van der Waals surface area contributed by atoms with Gasteiger partial charge >= 0.3 is 0 Å². The van der Waals surface area contributed by atoms with E-state index in [0.717, 1.165) is 28.4 Å². The van der Waals surface area contributed by atoms with Crippen LogP contribution in [-0.4, -0.2) is 9.13 Å². The summed E-state index contributed by atoms with van der Waals surface area (Å²) >= 11 is 0. The molecule has 3 heteroatoms. The highest BCUT2D eigenvalue weighted by Crippen LogP contribution is 2.53. The highest BCUT2D eigenvalue weighted by Gasteiger charge is 2.37. The molecule has 2 heterocycles. The van der Waals surface area contributed by atoms with Gasteiger partial charge in [-0.1, -0.05) is 208 Å². The van der Waals surface area contributed by atoms with Gasteiger partial charge in [0.25, 0.3) is 0 Å². The molecule has 376 valence electrons. The molecule has 2 aromatic heterocycles. The maximum atomic E-state index is 2.49. The van der Waals surface area contributed by atoms with Crippen molar-refractivity contribution >= 4 is 82.2 Å². The van der Waals surface area contributed by atoms with E-state index in [1.807, 2.05) is 0 Å². The maximum absolute atomic E-state index is 2.49. The summed E-state index contributed by atoms with van der Waals surface area (Å²) in [5, 5.41) is 9.89. The minimum absolute atomic E-state index is 0.280. The van der Waals surface area contributed by atoms with Crippen LogP contribution in [0.1, 0.15) is 25.0 Å². The first-order valence-corrected chi connectivity index (χ1v) is 27.8. The van der Waals surface area contributed by atoms with Crippen LogP contribution in [0.25, 0.3) is 121 Å². The van der Waals surface area contributed by atoms with Crippen LogP contribution in [0.2, 0.25) is 0 Å². The molecular weight excluding hydrogens is 967 g/mol. The summed E-state index contributed by atoms with van der Waals surface area (Å²) in [5.41, 5.74) is 22.7. The van der Waals surface area contributed by atoms with Gasteiger partial charge in [0.2, 0.25) is 0 Å². The zero-order valence-corrected chi connectivity index (χ0v) is 44.5. The average Bonchev–Trinajstić information content (AvgIpc) is 4.32. The van der Waals surface area contributed by atoms with E-state index in [-0.39, 0.29) is 5.41 Å². The lowest BCUT2D eigenvalue weighted by Gasteiger charge is -2.29. The first-order valence-electron chi connectivity index (χ1n) is 27.8. The molecule has 0 fully saturated rings. The van der Waals surface area contributed by atoms with Gasteiger partial charge in [-0.05, 0) is 163 Å². The molecule has 13 aromatic carbocycles. The highest BCUT2D eigenvalue weighted by molar-refractivity contribution is 6.13. The molecule has 16 rings (SSSR count). The molecule has 0 aliphatic heterocycles. The topological polar surface area (TPSA) is 13.1 Å². The Morgan fingerprint density at radius 2 is 0.762 bits per heavy atom. The van der Waals surface area contributed by atoms with Gasteiger partial charge in [0, 0.05) is 55.1 Å². The number of anilines is 3. The van der Waals surface area contributed by atoms with E-state index in [4.69, 9.17) is 0 Å². The van der Waals surface area contributed by atoms with E-state index in [0.29, 0.717) is 0 Å². The van der Waals surface area contributed by atoms with Crippen molar-refractivity contribution in [1.82, 2.24) is 9.13 Å².